The van der Waals surface area contributed by atoms with Crippen LogP contribution in [0, 0.1) is 5.82 Å². The van der Waals surface area contributed by atoms with Crippen LogP contribution in [0.5, 0.6) is 0 Å². The molecule has 1 atom stereocenters. The van der Waals surface area contributed by atoms with Gasteiger partial charge in [-0.15, -0.1) is 10.2 Å². The molecule has 0 aliphatic carbocycles. The lowest BCUT2D eigenvalue weighted by atomic mass is 10.1. The van der Waals surface area contributed by atoms with Crippen molar-refractivity contribution in [1.29, 1.82) is 0 Å². The molecule has 0 saturated heterocycles. The van der Waals surface area contributed by atoms with Crippen molar-refractivity contribution in [3.05, 3.63) is 96.1 Å². The molecule has 0 saturated carbocycles. The van der Waals surface area contributed by atoms with E-state index in [4.69, 9.17) is 0 Å². The molecule has 0 aliphatic rings. The Balaban J connectivity index is 1.64. The summed E-state index contributed by atoms with van der Waals surface area (Å²) in [6.45, 7) is 2.40. The zero-order valence-electron chi connectivity index (χ0n) is 16.3. The number of carbonyl (C=O) groups is 1. The second-order valence-corrected chi connectivity index (χ2v) is 8.05. The lowest BCUT2D eigenvalue weighted by molar-refractivity contribution is 0.0994. The Morgan fingerprint density at radius 3 is 2.40 bits per heavy atom. The van der Waals surface area contributed by atoms with Crippen molar-refractivity contribution < 1.29 is 9.18 Å². The fraction of sp³-hybridized carbons (Fsp3) is 0.130. The van der Waals surface area contributed by atoms with E-state index in [0.29, 0.717) is 23.1 Å². The molecule has 4 aromatic rings. The summed E-state index contributed by atoms with van der Waals surface area (Å²) in [7, 11) is 0. The minimum absolute atomic E-state index is 0.0836. The molecule has 0 radical (unpaired) electrons. The highest BCUT2D eigenvalue weighted by molar-refractivity contribution is 8.00. The molecular formula is C23H19FN4OS. The molecule has 0 N–H and O–H groups in total. The first-order valence-corrected chi connectivity index (χ1v) is 10.3. The van der Waals surface area contributed by atoms with Gasteiger partial charge < -0.3 is 0 Å². The lowest BCUT2D eigenvalue weighted by Gasteiger charge is -2.13. The second kappa shape index (κ2) is 9.00. The maximum absolute atomic E-state index is 13.2. The number of halogens is 1. The summed E-state index contributed by atoms with van der Waals surface area (Å²) in [4.78, 5) is 16.9. The normalized spacial score (nSPS) is 11.9. The minimum Gasteiger partial charge on any atom is -0.298 e. The molecule has 4 rings (SSSR count). The third kappa shape index (κ3) is 4.46. The third-order valence-electron chi connectivity index (χ3n) is 4.62. The monoisotopic (exact) mass is 418 g/mol. The topological polar surface area (TPSA) is 60.7 Å². The molecule has 0 spiro atoms. The van der Waals surface area contributed by atoms with Gasteiger partial charge in [0.05, 0.1) is 11.8 Å². The van der Waals surface area contributed by atoms with E-state index in [1.807, 2.05) is 54.0 Å². The molecule has 0 fully saturated rings. The molecule has 150 valence electrons. The third-order valence-corrected chi connectivity index (χ3v) is 5.70. The Kier molecular flexibility index (Phi) is 5.99. The molecule has 2 aromatic carbocycles. The average molecular weight is 418 g/mol. The summed E-state index contributed by atoms with van der Waals surface area (Å²) in [5, 5.41) is 8.99. The smallest absolute Gasteiger partial charge is 0.192 e. The predicted molar refractivity (Wildman–Crippen MR) is 115 cm³/mol. The Bertz CT molecular complexity index is 1130. The van der Waals surface area contributed by atoms with E-state index in [2.05, 4.69) is 15.2 Å². The Morgan fingerprint density at radius 2 is 1.70 bits per heavy atom. The van der Waals surface area contributed by atoms with Gasteiger partial charge >= 0.3 is 0 Å². The van der Waals surface area contributed by atoms with Crippen LogP contribution in [0.4, 0.5) is 4.39 Å². The molecule has 2 heterocycles. The van der Waals surface area contributed by atoms with E-state index >= 15 is 0 Å². The van der Waals surface area contributed by atoms with Gasteiger partial charge in [0.15, 0.2) is 16.8 Å². The first kappa shape index (κ1) is 20.0. The van der Waals surface area contributed by atoms with Gasteiger partial charge in [0.25, 0.3) is 0 Å². The van der Waals surface area contributed by atoms with Crippen molar-refractivity contribution in [2.24, 2.45) is 0 Å². The van der Waals surface area contributed by atoms with E-state index < -0.39 is 5.25 Å². The Morgan fingerprint density at radius 1 is 1.00 bits per heavy atom. The number of pyridine rings is 1. The number of Topliss-reactive ketones (excluding diaryl/α,β-unsaturated/α-hetero) is 1. The molecule has 2 aromatic heterocycles. The summed E-state index contributed by atoms with van der Waals surface area (Å²) in [6, 6.07) is 19.4. The van der Waals surface area contributed by atoms with Crippen molar-refractivity contribution in [3.63, 3.8) is 0 Å². The van der Waals surface area contributed by atoms with E-state index in [0.717, 1.165) is 11.1 Å². The quantitative estimate of drug-likeness (QED) is 0.316. The van der Waals surface area contributed by atoms with Crippen LogP contribution in [0.25, 0.3) is 11.4 Å². The van der Waals surface area contributed by atoms with Gasteiger partial charge in [0, 0.05) is 23.5 Å². The van der Waals surface area contributed by atoms with E-state index in [9.17, 15) is 9.18 Å². The van der Waals surface area contributed by atoms with Gasteiger partial charge in [-0.25, -0.2) is 4.39 Å². The van der Waals surface area contributed by atoms with Crippen LogP contribution in [0.1, 0.15) is 22.8 Å². The highest BCUT2D eigenvalue weighted by Gasteiger charge is 2.22. The number of hydrogen-bond donors (Lipinski definition) is 0. The van der Waals surface area contributed by atoms with Gasteiger partial charge in [-0.2, -0.15) is 0 Å². The van der Waals surface area contributed by atoms with Crippen molar-refractivity contribution in [3.8, 4) is 11.4 Å². The first-order valence-electron chi connectivity index (χ1n) is 9.46. The largest absolute Gasteiger partial charge is 0.298 e. The van der Waals surface area contributed by atoms with Crippen LogP contribution in [-0.4, -0.2) is 30.8 Å². The molecule has 0 amide bonds. The zero-order chi connectivity index (χ0) is 20.9. The SMILES string of the molecule is CC(Sc1nnc(-c2ccncc2)n1Cc1ccccc1)C(=O)c1ccc(F)cc1. The van der Waals surface area contributed by atoms with Crippen molar-refractivity contribution >= 4 is 17.5 Å². The summed E-state index contributed by atoms with van der Waals surface area (Å²) in [5.41, 5.74) is 2.48. The van der Waals surface area contributed by atoms with Crippen molar-refractivity contribution in [1.82, 2.24) is 19.7 Å². The van der Waals surface area contributed by atoms with Gasteiger partial charge in [0.2, 0.25) is 0 Å². The number of ketones is 1. The summed E-state index contributed by atoms with van der Waals surface area (Å²) < 4.78 is 15.2. The number of hydrogen-bond acceptors (Lipinski definition) is 5. The predicted octanol–water partition coefficient (Wildman–Crippen LogP) is 4.89. The summed E-state index contributed by atoms with van der Waals surface area (Å²) in [6.07, 6.45) is 3.43. The number of benzene rings is 2. The minimum atomic E-state index is -0.403. The van der Waals surface area contributed by atoms with Crippen LogP contribution in [-0.2, 0) is 6.54 Å². The highest BCUT2D eigenvalue weighted by Crippen LogP contribution is 2.29. The zero-order valence-corrected chi connectivity index (χ0v) is 17.1. The van der Waals surface area contributed by atoms with E-state index in [1.165, 1.54) is 36.0 Å². The number of rotatable bonds is 7. The molecular weight excluding hydrogens is 399 g/mol. The van der Waals surface area contributed by atoms with Gasteiger partial charge in [-0.3, -0.25) is 14.3 Å². The van der Waals surface area contributed by atoms with E-state index in [1.54, 1.807) is 12.4 Å². The molecule has 1 unspecified atom stereocenters. The van der Waals surface area contributed by atoms with Crippen molar-refractivity contribution in [2.45, 2.75) is 23.9 Å². The van der Waals surface area contributed by atoms with Gasteiger partial charge in [-0.05, 0) is 48.9 Å². The molecule has 0 bridgehead atoms. The number of nitrogens with zero attached hydrogens (tertiary/aromatic N) is 4. The van der Waals surface area contributed by atoms with Crippen LogP contribution in [0.3, 0.4) is 0 Å². The van der Waals surface area contributed by atoms with Gasteiger partial charge in [0.1, 0.15) is 5.82 Å². The standard InChI is InChI=1S/C23H19FN4OS/c1-16(21(29)18-7-9-20(24)10-8-18)30-23-27-26-22(19-11-13-25-14-12-19)28(23)15-17-5-3-2-4-6-17/h2-14,16H,15H2,1H3. The molecule has 0 aliphatic heterocycles. The lowest BCUT2D eigenvalue weighted by Crippen LogP contribution is -2.15. The Hall–Kier alpha value is -3.32. The first-order chi connectivity index (χ1) is 14.6. The van der Waals surface area contributed by atoms with Crippen molar-refractivity contribution in [2.75, 3.05) is 0 Å². The second-order valence-electron chi connectivity index (χ2n) is 6.75. The number of aromatic nitrogens is 4. The molecule has 30 heavy (non-hydrogen) atoms. The summed E-state index contributed by atoms with van der Waals surface area (Å²) >= 11 is 1.34. The maximum Gasteiger partial charge on any atom is 0.192 e. The van der Waals surface area contributed by atoms with Gasteiger partial charge in [-0.1, -0.05) is 42.1 Å². The van der Waals surface area contributed by atoms with Crippen LogP contribution >= 0.6 is 11.8 Å². The maximum atomic E-state index is 13.2. The average Bonchev–Trinajstić information content (AvgIpc) is 3.17. The van der Waals surface area contributed by atoms with Crippen LogP contribution in [0.15, 0.2) is 84.3 Å². The number of carbonyl (C=O) groups excluding carboxylic acids is 1. The summed E-state index contributed by atoms with van der Waals surface area (Å²) in [5.74, 6) is 0.265. The van der Waals surface area contributed by atoms with E-state index in [-0.39, 0.29) is 11.6 Å². The van der Waals surface area contributed by atoms with Crippen LogP contribution in [0.2, 0.25) is 0 Å². The Labute approximate surface area is 178 Å². The fourth-order valence-electron chi connectivity index (χ4n) is 3.06. The van der Waals surface area contributed by atoms with Crippen LogP contribution < -0.4 is 0 Å². The fourth-order valence-corrected chi connectivity index (χ4v) is 3.99. The number of thioether (sulfide) groups is 1. The highest BCUT2D eigenvalue weighted by atomic mass is 32.2. The molecule has 5 nitrogen and oxygen atoms in total. The molecule has 7 heteroatoms.